The molecular weight excluding hydrogens is 218 g/mol. The molecule has 0 atom stereocenters. The van der Waals surface area contributed by atoms with E-state index < -0.39 is 0 Å². The van der Waals surface area contributed by atoms with E-state index in [1.807, 2.05) is 30.3 Å². The van der Waals surface area contributed by atoms with Crippen LogP contribution in [-0.2, 0) is 0 Å². The van der Waals surface area contributed by atoms with Crippen LogP contribution in [0.5, 0.6) is 0 Å². The number of hydrogen-bond donors (Lipinski definition) is 1. The van der Waals surface area contributed by atoms with Gasteiger partial charge in [0.2, 0.25) is 5.13 Å². The van der Waals surface area contributed by atoms with E-state index in [0.29, 0.717) is 0 Å². The molecule has 0 aliphatic rings. The van der Waals surface area contributed by atoms with Gasteiger partial charge in [-0.1, -0.05) is 41.7 Å². The van der Waals surface area contributed by atoms with E-state index in [4.69, 9.17) is 0 Å². The van der Waals surface area contributed by atoms with Gasteiger partial charge in [-0.15, -0.1) is 10.2 Å². The number of aromatic nitrogens is 2. The third-order valence-electron chi connectivity index (χ3n) is 1.93. The quantitative estimate of drug-likeness (QED) is 0.863. The van der Waals surface area contributed by atoms with Crippen molar-refractivity contribution in [2.75, 3.05) is 5.32 Å². The van der Waals surface area contributed by atoms with Gasteiger partial charge in [0.1, 0.15) is 5.01 Å². The fraction of sp³-hybridized carbons (Fsp3) is 0.333. The molecule has 0 spiro atoms. The maximum atomic E-state index is 4.18. The topological polar surface area (TPSA) is 37.8 Å². The summed E-state index contributed by atoms with van der Waals surface area (Å²) in [6, 6.07) is 10.1. The summed E-state index contributed by atoms with van der Waals surface area (Å²) in [6.45, 7) is 6.32. The second-order valence-electron chi connectivity index (χ2n) is 4.65. The van der Waals surface area contributed by atoms with Crippen molar-refractivity contribution in [1.29, 1.82) is 0 Å². The first kappa shape index (κ1) is 11.1. The summed E-state index contributed by atoms with van der Waals surface area (Å²) in [4.78, 5) is 0. The molecule has 1 heterocycles. The van der Waals surface area contributed by atoms with Gasteiger partial charge < -0.3 is 5.32 Å². The SMILES string of the molecule is CC(C)(C)Nc1nnc(-c2ccccc2)s1. The molecule has 0 aliphatic carbocycles. The minimum atomic E-state index is 0.0213. The Morgan fingerprint density at radius 3 is 2.38 bits per heavy atom. The number of anilines is 1. The fourth-order valence-corrected chi connectivity index (χ4v) is 2.25. The first-order valence-corrected chi connectivity index (χ1v) is 6.03. The van der Waals surface area contributed by atoms with E-state index in [-0.39, 0.29) is 5.54 Å². The lowest BCUT2D eigenvalue weighted by molar-refractivity contribution is 0.632. The van der Waals surface area contributed by atoms with Gasteiger partial charge in [-0.3, -0.25) is 0 Å². The first-order valence-electron chi connectivity index (χ1n) is 5.22. The van der Waals surface area contributed by atoms with Crippen molar-refractivity contribution in [3.63, 3.8) is 0 Å². The Bertz CT molecular complexity index is 457. The summed E-state index contributed by atoms with van der Waals surface area (Å²) in [5.74, 6) is 0. The number of benzene rings is 1. The Balaban J connectivity index is 2.21. The van der Waals surface area contributed by atoms with Crippen LogP contribution >= 0.6 is 11.3 Å². The standard InChI is InChI=1S/C12H15N3S/c1-12(2,3)13-11-15-14-10(16-11)9-7-5-4-6-8-9/h4-8H,1-3H3,(H,13,15). The second kappa shape index (κ2) is 4.22. The highest BCUT2D eigenvalue weighted by Gasteiger charge is 2.13. The van der Waals surface area contributed by atoms with E-state index in [1.54, 1.807) is 11.3 Å². The van der Waals surface area contributed by atoms with Crippen LogP contribution in [0, 0.1) is 0 Å². The largest absolute Gasteiger partial charge is 0.355 e. The Hall–Kier alpha value is -1.42. The van der Waals surface area contributed by atoms with E-state index in [1.165, 1.54) is 0 Å². The molecule has 16 heavy (non-hydrogen) atoms. The Kier molecular flexibility index (Phi) is 2.92. The minimum Gasteiger partial charge on any atom is -0.355 e. The summed E-state index contributed by atoms with van der Waals surface area (Å²) in [6.07, 6.45) is 0. The van der Waals surface area contributed by atoms with Crippen LogP contribution in [-0.4, -0.2) is 15.7 Å². The number of nitrogens with one attached hydrogen (secondary N) is 1. The summed E-state index contributed by atoms with van der Waals surface area (Å²) in [5, 5.41) is 13.4. The van der Waals surface area contributed by atoms with Crippen LogP contribution < -0.4 is 5.32 Å². The van der Waals surface area contributed by atoms with Crippen LogP contribution in [0.25, 0.3) is 10.6 Å². The Morgan fingerprint density at radius 2 is 1.75 bits per heavy atom. The third-order valence-corrected chi connectivity index (χ3v) is 2.82. The highest BCUT2D eigenvalue weighted by atomic mass is 32.1. The number of nitrogens with zero attached hydrogens (tertiary/aromatic N) is 2. The molecule has 4 heteroatoms. The minimum absolute atomic E-state index is 0.0213. The zero-order chi connectivity index (χ0) is 11.6. The van der Waals surface area contributed by atoms with Crippen molar-refractivity contribution < 1.29 is 0 Å². The monoisotopic (exact) mass is 233 g/mol. The highest BCUT2D eigenvalue weighted by Crippen LogP contribution is 2.27. The predicted octanol–water partition coefficient (Wildman–Crippen LogP) is 3.42. The Labute approximate surface area is 99.5 Å². The van der Waals surface area contributed by atoms with Crippen LogP contribution in [0.2, 0.25) is 0 Å². The van der Waals surface area contributed by atoms with Gasteiger partial charge in [0.05, 0.1) is 0 Å². The molecule has 0 unspecified atom stereocenters. The van der Waals surface area contributed by atoms with Gasteiger partial charge in [0.15, 0.2) is 0 Å². The molecular formula is C12H15N3S. The maximum Gasteiger partial charge on any atom is 0.206 e. The summed E-state index contributed by atoms with van der Waals surface area (Å²) < 4.78 is 0. The van der Waals surface area contributed by atoms with Crippen molar-refractivity contribution in [3.05, 3.63) is 30.3 Å². The third kappa shape index (κ3) is 2.79. The second-order valence-corrected chi connectivity index (χ2v) is 5.63. The van der Waals surface area contributed by atoms with Crippen molar-refractivity contribution in [2.45, 2.75) is 26.3 Å². The molecule has 0 fully saturated rings. The normalized spacial score (nSPS) is 11.4. The van der Waals surface area contributed by atoms with E-state index in [2.05, 4.69) is 36.3 Å². The molecule has 1 aromatic carbocycles. The van der Waals surface area contributed by atoms with Gasteiger partial charge >= 0.3 is 0 Å². The lowest BCUT2D eigenvalue weighted by Gasteiger charge is -2.18. The molecule has 1 N–H and O–H groups in total. The molecule has 0 radical (unpaired) electrons. The molecule has 0 saturated carbocycles. The van der Waals surface area contributed by atoms with Gasteiger partial charge in [-0.05, 0) is 20.8 Å². The van der Waals surface area contributed by atoms with E-state index in [0.717, 1.165) is 15.7 Å². The molecule has 2 rings (SSSR count). The zero-order valence-electron chi connectivity index (χ0n) is 9.69. The van der Waals surface area contributed by atoms with Crippen molar-refractivity contribution in [1.82, 2.24) is 10.2 Å². The van der Waals surface area contributed by atoms with E-state index >= 15 is 0 Å². The zero-order valence-corrected chi connectivity index (χ0v) is 10.5. The molecule has 3 nitrogen and oxygen atoms in total. The molecule has 0 saturated heterocycles. The Morgan fingerprint density at radius 1 is 1.06 bits per heavy atom. The average molecular weight is 233 g/mol. The lowest BCUT2D eigenvalue weighted by atomic mass is 10.1. The van der Waals surface area contributed by atoms with Crippen LogP contribution in [0.1, 0.15) is 20.8 Å². The lowest BCUT2D eigenvalue weighted by Crippen LogP contribution is -2.25. The smallest absolute Gasteiger partial charge is 0.206 e. The predicted molar refractivity (Wildman–Crippen MR) is 68.7 cm³/mol. The molecule has 1 aromatic heterocycles. The van der Waals surface area contributed by atoms with Gasteiger partial charge in [0, 0.05) is 11.1 Å². The van der Waals surface area contributed by atoms with Crippen molar-refractivity contribution >= 4 is 16.5 Å². The van der Waals surface area contributed by atoms with E-state index in [9.17, 15) is 0 Å². The fourth-order valence-electron chi connectivity index (χ4n) is 1.29. The molecule has 2 aromatic rings. The summed E-state index contributed by atoms with van der Waals surface area (Å²) in [5.41, 5.74) is 1.13. The maximum absolute atomic E-state index is 4.18. The van der Waals surface area contributed by atoms with Gasteiger partial charge in [0.25, 0.3) is 0 Å². The number of hydrogen-bond acceptors (Lipinski definition) is 4. The molecule has 84 valence electrons. The van der Waals surface area contributed by atoms with Crippen LogP contribution in [0.3, 0.4) is 0 Å². The van der Waals surface area contributed by atoms with Crippen LogP contribution in [0.15, 0.2) is 30.3 Å². The average Bonchev–Trinajstić information content (AvgIpc) is 2.65. The molecule has 0 aliphatic heterocycles. The summed E-state index contributed by atoms with van der Waals surface area (Å²) >= 11 is 1.58. The first-order chi connectivity index (χ1) is 7.54. The van der Waals surface area contributed by atoms with Gasteiger partial charge in [-0.2, -0.15) is 0 Å². The highest BCUT2D eigenvalue weighted by molar-refractivity contribution is 7.18. The van der Waals surface area contributed by atoms with Crippen molar-refractivity contribution in [2.24, 2.45) is 0 Å². The molecule has 0 bridgehead atoms. The van der Waals surface area contributed by atoms with Crippen LogP contribution in [0.4, 0.5) is 5.13 Å². The van der Waals surface area contributed by atoms with Gasteiger partial charge in [-0.25, -0.2) is 0 Å². The summed E-state index contributed by atoms with van der Waals surface area (Å²) in [7, 11) is 0. The molecule has 0 amide bonds. The number of rotatable bonds is 2. The van der Waals surface area contributed by atoms with Crippen molar-refractivity contribution in [3.8, 4) is 10.6 Å².